The zero-order chi connectivity index (χ0) is 13.7. The van der Waals surface area contributed by atoms with Crippen molar-refractivity contribution in [1.29, 1.82) is 0 Å². The van der Waals surface area contributed by atoms with Gasteiger partial charge in [0.15, 0.2) is 0 Å². The standard InChI is InChI=1S/C16H30N2O/c1-3-6-13(7-4-2)15(19)18-14-8-11-17-16(12-14)9-5-10-16/h13-14,17H,3-12H2,1-2H3,(H,18,19). The normalized spacial score (nSPS) is 25.3. The van der Waals surface area contributed by atoms with Crippen molar-refractivity contribution in [3.05, 3.63) is 0 Å². The zero-order valence-electron chi connectivity index (χ0n) is 12.6. The average Bonchev–Trinajstić information content (AvgIpc) is 2.37. The summed E-state index contributed by atoms with van der Waals surface area (Å²) in [5, 5.41) is 7.00. The molecule has 110 valence electrons. The maximum absolute atomic E-state index is 12.4. The van der Waals surface area contributed by atoms with Crippen LogP contribution in [0.5, 0.6) is 0 Å². The summed E-state index contributed by atoms with van der Waals surface area (Å²) in [6, 6.07) is 0.408. The number of piperidine rings is 1. The molecule has 3 heteroatoms. The van der Waals surface area contributed by atoms with Crippen molar-refractivity contribution in [2.45, 2.75) is 83.2 Å². The molecule has 2 aliphatic rings. The van der Waals surface area contributed by atoms with Crippen LogP contribution in [0.25, 0.3) is 0 Å². The van der Waals surface area contributed by atoms with Crippen LogP contribution in [0.4, 0.5) is 0 Å². The maximum atomic E-state index is 12.4. The fraction of sp³-hybridized carbons (Fsp3) is 0.938. The van der Waals surface area contributed by atoms with E-state index in [9.17, 15) is 4.79 Å². The summed E-state index contributed by atoms with van der Waals surface area (Å²) in [4.78, 5) is 12.4. The molecule has 1 spiro atoms. The van der Waals surface area contributed by atoms with Crippen LogP contribution in [-0.4, -0.2) is 24.0 Å². The molecule has 1 saturated heterocycles. The number of hydrogen-bond acceptors (Lipinski definition) is 2. The molecule has 1 unspecified atom stereocenters. The number of rotatable bonds is 6. The predicted octanol–water partition coefficient (Wildman–Crippen LogP) is 2.99. The van der Waals surface area contributed by atoms with Gasteiger partial charge in [0, 0.05) is 17.5 Å². The Morgan fingerprint density at radius 1 is 1.32 bits per heavy atom. The summed E-state index contributed by atoms with van der Waals surface area (Å²) in [6.07, 6.45) is 10.5. The van der Waals surface area contributed by atoms with Gasteiger partial charge in [0.1, 0.15) is 0 Å². The Hall–Kier alpha value is -0.570. The molecule has 1 heterocycles. The van der Waals surface area contributed by atoms with Crippen molar-refractivity contribution in [3.8, 4) is 0 Å². The van der Waals surface area contributed by atoms with Crippen LogP contribution in [0.2, 0.25) is 0 Å². The first-order chi connectivity index (χ1) is 9.19. The van der Waals surface area contributed by atoms with Gasteiger partial charge < -0.3 is 10.6 Å². The van der Waals surface area contributed by atoms with Gasteiger partial charge in [-0.1, -0.05) is 26.7 Å². The lowest BCUT2D eigenvalue weighted by molar-refractivity contribution is -0.126. The minimum absolute atomic E-state index is 0.238. The first-order valence-electron chi connectivity index (χ1n) is 8.24. The third-order valence-electron chi connectivity index (χ3n) is 4.93. The van der Waals surface area contributed by atoms with Crippen molar-refractivity contribution in [2.75, 3.05) is 6.54 Å². The lowest BCUT2D eigenvalue weighted by Crippen LogP contribution is -2.60. The van der Waals surface area contributed by atoms with Gasteiger partial charge in [-0.25, -0.2) is 0 Å². The largest absolute Gasteiger partial charge is 0.353 e. The fourth-order valence-corrected chi connectivity index (χ4v) is 3.69. The van der Waals surface area contributed by atoms with Gasteiger partial charge in [-0.15, -0.1) is 0 Å². The molecular weight excluding hydrogens is 236 g/mol. The highest BCUT2D eigenvalue weighted by Crippen LogP contribution is 2.38. The van der Waals surface area contributed by atoms with Crippen LogP contribution in [0.15, 0.2) is 0 Å². The number of carbonyl (C=O) groups excluding carboxylic acids is 1. The highest BCUT2D eigenvalue weighted by molar-refractivity contribution is 5.78. The van der Waals surface area contributed by atoms with Gasteiger partial charge in [-0.05, 0) is 51.5 Å². The Bertz CT molecular complexity index is 293. The van der Waals surface area contributed by atoms with Gasteiger partial charge in [0.25, 0.3) is 0 Å². The third kappa shape index (κ3) is 3.71. The second-order valence-electron chi connectivity index (χ2n) is 6.53. The first kappa shape index (κ1) is 14.8. The van der Waals surface area contributed by atoms with Crippen molar-refractivity contribution in [3.63, 3.8) is 0 Å². The van der Waals surface area contributed by atoms with Gasteiger partial charge >= 0.3 is 0 Å². The van der Waals surface area contributed by atoms with Crippen molar-refractivity contribution in [2.24, 2.45) is 5.92 Å². The Morgan fingerprint density at radius 3 is 2.53 bits per heavy atom. The quantitative estimate of drug-likeness (QED) is 0.776. The highest BCUT2D eigenvalue weighted by atomic mass is 16.1. The molecule has 0 aromatic heterocycles. The van der Waals surface area contributed by atoms with Crippen LogP contribution in [0.3, 0.4) is 0 Å². The second-order valence-corrected chi connectivity index (χ2v) is 6.53. The molecule has 3 nitrogen and oxygen atoms in total. The van der Waals surface area contributed by atoms with E-state index in [2.05, 4.69) is 24.5 Å². The Balaban J connectivity index is 1.83. The van der Waals surface area contributed by atoms with Crippen LogP contribution in [-0.2, 0) is 4.79 Å². The number of nitrogens with one attached hydrogen (secondary N) is 2. The number of carbonyl (C=O) groups is 1. The van der Waals surface area contributed by atoms with Crippen LogP contribution in [0.1, 0.15) is 71.6 Å². The van der Waals surface area contributed by atoms with Gasteiger partial charge in [0.05, 0.1) is 0 Å². The van der Waals surface area contributed by atoms with E-state index >= 15 is 0 Å². The Kier molecular flexibility index (Phi) is 5.26. The molecule has 0 bridgehead atoms. The molecule has 19 heavy (non-hydrogen) atoms. The smallest absolute Gasteiger partial charge is 0.223 e. The second kappa shape index (κ2) is 6.74. The first-order valence-corrected chi connectivity index (χ1v) is 8.24. The molecule has 1 atom stereocenters. The third-order valence-corrected chi connectivity index (χ3v) is 4.93. The van der Waals surface area contributed by atoms with E-state index < -0.39 is 0 Å². The maximum Gasteiger partial charge on any atom is 0.223 e. The summed E-state index contributed by atoms with van der Waals surface area (Å²) in [6.45, 7) is 5.41. The van der Waals surface area contributed by atoms with Gasteiger partial charge in [-0.3, -0.25) is 4.79 Å². The summed E-state index contributed by atoms with van der Waals surface area (Å²) >= 11 is 0. The molecule has 0 radical (unpaired) electrons. The molecule has 0 aromatic rings. The van der Waals surface area contributed by atoms with E-state index in [1.165, 1.54) is 19.3 Å². The number of amides is 1. The molecule has 2 fully saturated rings. The van der Waals surface area contributed by atoms with E-state index in [1.54, 1.807) is 0 Å². The topological polar surface area (TPSA) is 41.1 Å². The average molecular weight is 266 g/mol. The zero-order valence-corrected chi connectivity index (χ0v) is 12.6. The Labute approximate surface area is 117 Å². The van der Waals surface area contributed by atoms with Crippen molar-refractivity contribution >= 4 is 5.91 Å². The van der Waals surface area contributed by atoms with Gasteiger partial charge in [-0.2, -0.15) is 0 Å². The van der Waals surface area contributed by atoms with E-state index in [-0.39, 0.29) is 5.92 Å². The molecular formula is C16H30N2O. The minimum atomic E-state index is 0.238. The van der Waals surface area contributed by atoms with E-state index in [0.717, 1.165) is 45.1 Å². The number of hydrogen-bond donors (Lipinski definition) is 2. The summed E-state index contributed by atoms with van der Waals surface area (Å²) < 4.78 is 0. The molecule has 0 aromatic carbocycles. The lowest BCUT2D eigenvalue weighted by atomic mass is 9.70. The summed E-state index contributed by atoms with van der Waals surface area (Å²) in [5.41, 5.74) is 0.376. The minimum Gasteiger partial charge on any atom is -0.353 e. The molecule has 1 aliphatic heterocycles. The molecule has 2 rings (SSSR count). The Morgan fingerprint density at radius 2 is 2.00 bits per heavy atom. The van der Waals surface area contributed by atoms with Crippen molar-refractivity contribution in [1.82, 2.24) is 10.6 Å². The summed E-state index contributed by atoms with van der Waals surface area (Å²) in [5.74, 6) is 0.548. The van der Waals surface area contributed by atoms with E-state index in [4.69, 9.17) is 0 Å². The molecule has 1 amide bonds. The van der Waals surface area contributed by atoms with Gasteiger partial charge in [0.2, 0.25) is 5.91 Å². The fourth-order valence-electron chi connectivity index (χ4n) is 3.69. The highest BCUT2D eigenvalue weighted by Gasteiger charge is 2.41. The van der Waals surface area contributed by atoms with Crippen LogP contribution >= 0.6 is 0 Å². The molecule has 2 N–H and O–H groups in total. The van der Waals surface area contributed by atoms with E-state index in [1.807, 2.05) is 0 Å². The van der Waals surface area contributed by atoms with Crippen molar-refractivity contribution < 1.29 is 4.79 Å². The monoisotopic (exact) mass is 266 g/mol. The SMILES string of the molecule is CCCC(CCC)C(=O)NC1CCNC2(CCC2)C1. The predicted molar refractivity (Wildman–Crippen MR) is 79.1 cm³/mol. The van der Waals surface area contributed by atoms with E-state index in [0.29, 0.717) is 17.5 Å². The molecule has 1 aliphatic carbocycles. The van der Waals surface area contributed by atoms with Crippen LogP contribution < -0.4 is 10.6 Å². The summed E-state index contributed by atoms with van der Waals surface area (Å²) in [7, 11) is 0. The lowest BCUT2D eigenvalue weighted by Gasteiger charge is -2.48. The van der Waals surface area contributed by atoms with Crippen LogP contribution in [0, 0.1) is 5.92 Å². The molecule has 1 saturated carbocycles.